The third-order valence-electron chi connectivity index (χ3n) is 5.07. The number of hydrogen-bond acceptors (Lipinski definition) is 5. The normalized spacial score (nSPS) is 26.9. The lowest BCUT2D eigenvalue weighted by atomic mass is 10.0. The molecule has 0 bridgehead atoms. The van der Waals surface area contributed by atoms with E-state index in [0.29, 0.717) is 12.1 Å². The first-order valence-electron chi connectivity index (χ1n) is 8.51. The molecule has 2 unspecified atom stereocenters. The smallest absolute Gasteiger partial charge is 0.0480 e. The molecule has 1 N–H and O–H groups in total. The van der Waals surface area contributed by atoms with Gasteiger partial charge in [0.05, 0.1) is 0 Å². The summed E-state index contributed by atoms with van der Waals surface area (Å²) in [6, 6.07) is 5.44. The van der Waals surface area contributed by atoms with Gasteiger partial charge in [-0.15, -0.1) is 0 Å². The Kier molecular flexibility index (Phi) is 5.41. The summed E-state index contributed by atoms with van der Waals surface area (Å²) in [5.41, 5.74) is 1.41. The molecule has 0 aliphatic carbocycles. The lowest BCUT2D eigenvalue weighted by Crippen LogP contribution is -2.54. The average Bonchev–Trinajstić information content (AvgIpc) is 2.56. The Morgan fingerprint density at radius 2 is 1.91 bits per heavy atom. The SMILES string of the molecule is CC1CNCCN1C(CN1CCN(C)CC1)c1ccncc1. The quantitative estimate of drug-likeness (QED) is 0.884. The van der Waals surface area contributed by atoms with Crippen molar-refractivity contribution in [3.8, 4) is 0 Å². The van der Waals surface area contributed by atoms with Crippen molar-refractivity contribution in [2.75, 3.05) is 59.4 Å². The molecule has 3 heterocycles. The second kappa shape index (κ2) is 7.51. The molecule has 22 heavy (non-hydrogen) atoms. The van der Waals surface area contributed by atoms with Gasteiger partial charge in [-0.05, 0) is 31.7 Å². The summed E-state index contributed by atoms with van der Waals surface area (Å²) < 4.78 is 0. The molecule has 2 aliphatic heterocycles. The maximum absolute atomic E-state index is 4.20. The minimum Gasteiger partial charge on any atom is -0.314 e. The molecule has 5 heteroatoms. The molecule has 5 nitrogen and oxygen atoms in total. The summed E-state index contributed by atoms with van der Waals surface area (Å²) in [5, 5.41) is 3.51. The van der Waals surface area contributed by atoms with E-state index in [-0.39, 0.29) is 0 Å². The Hall–Kier alpha value is -1.01. The first kappa shape index (κ1) is 15.9. The molecule has 0 spiro atoms. The maximum Gasteiger partial charge on any atom is 0.0480 e. The molecular weight excluding hydrogens is 274 g/mol. The lowest BCUT2D eigenvalue weighted by molar-refractivity contribution is 0.0661. The van der Waals surface area contributed by atoms with Crippen LogP contribution in [0.4, 0.5) is 0 Å². The summed E-state index contributed by atoms with van der Waals surface area (Å²) in [7, 11) is 2.22. The Morgan fingerprint density at radius 1 is 1.18 bits per heavy atom. The molecule has 0 amide bonds. The van der Waals surface area contributed by atoms with E-state index in [1.165, 1.54) is 31.7 Å². The van der Waals surface area contributed by atoms with Gasteiger partial charge in [-0.1, -0.05) is 0 Å². The van der Waals surface area contributed by atoms with Crippen LogP contribution in [0.15, 0.2) is 24.5 Å². The van der Waals surface area contributed by atoms with Crippen LogP contribution in [-0.4, -0.2) is 85.1 Å². The minimum atomic E-state index is 0.475. The zero-order chi connectivity index (χ0) is 15.4. The summed E-state index contributed by atoms with van der Waals surface area (Å²) in [5.74, 6) is 0. The van der Waals surface area contributed by atoms with Gasteiger partial charge >= 0.3 is 0 Å². The van der Waals surface area contributed by atoms with E-state index in [1.807, 2.05) is 12.4 Å². The number of nitrogens with zero attached hydrogens (tertiary/aromatic N) is 4. The van der Waals surface area contributed by atoms with Crippen molar-refractivity contribution in [3.63, 3.8) is 0 Å². The Balaban J connectivity index is 1.74. The number of aromatic nitrogens is 1. The lowest BCUT2D eigenvalue weighted by Gasteiger charge is -2.43. The van der Waals surface area contributed by atoms with Crippen molar-refractivity contribution in [2.45, 2.75) is 19.0 Å². The Labute approximate surface area is 134 Å². The van der Waals surface area contributed by atoms with Crippen LogP contribution in [-0.2, 0) is 0 Å². The van der Waals surface area contributed by atoms with Crippen molar-refractivity contribution in [3.05, 3.63) is 30.1 Å². The summed E-state index contributed by atoms with van der Waals surface area (Å²) >= 11 is 0. The Bertz CT molecular complexity index is 444. The van der Waals surface area contributed by atoms with Gasteiger partial charge < -0.3 is 10.2 Å². The van der Waals surface area contributed by atoms with Crippen molar-refractivity contribution in [1.82, 2.24) is 25.0 Å². The van der Waals surface area contributed by atoms with E-state index in [4.69, 9.17) is 0 Å². The van der Waals surface area contributed by atoms with E-state index in [2.05, 4.69) is 51.1 Å². The monoisotopic (exact) mass is 303 g/mol. The van der Waals surface area contributed by atoms with Gasteiger partial charge in [0, 0.05) is 76.8 Å². The van der Waals surface area contributed by atoms with Crippen LogP contribution < -0.4 is 5.32 Å². The number of hydrogen-bond donors (Lipinski definition) is 1. The zero-order valence-electron chi connectivity index (χ0n) is 13.9. The maximum atomic E-state index is 4.20. The second-order valence-corrected chi connectivity index (χ2v) is 6.69. The molecule has 0 aromatic carbocycles. The number of rotatable bonds is 4. The van der Waals surface area contributed by atoms with E-state index in [9.17, 15) is 0 Å². The van der Waals surface area contributed by atoms with Crippen LogP contribution in [0.5, 0.6) is 0 Å². The summed E-state index contributed by atoms with van der Waals surface area (Å²) in [6.45, 7) is 11.5. The molecule has 2 aliphatic rings. The fourth-order valence-electron chi connectivity index (χ4n) is 3.58. The zero-order valence-corrected chi connectivity index (χ0v) is 13.9. The van der Waals surface area contributed by atoms with Crippen molar-refractivity contribution in [1.29, 1.82) is 0 Å². The molecule has 122 valence electrons. The van der Waals surface area contributed by atoms with Gasteiger partial charge in [0.1, 0.15) is 0 Å². The first-order chi connectivity index (χ1) is 10.7. The first-order valence-corrected chi connectivity index (χ1v) is 8.51. The third kappa shape index (κ3) is 3.84. The molecule has 0 saturated carbocycles. The average molecular weight is 303 g/mol. The van der Waals surface area contributed by atoms with Crippen LogP contribution in [0.2, 0.25) is 0 Å². The third-order valence-corrected chi connectivity index (χ3v) is 5.07. The predicted octanol–water partition coefficient (Wildman–Crippen LogP) is 0.664. The van der Waals surface area contributed by atoms with Crippen LogP contribution in [0.25, 0.3) is 0 Å². The highest BCUT2D eigenvalue weighted by atomic mass is 15.3. The van der Waals surface area contributed by atoms with E-state index in [0.717, 1.165) is 26.2 Å². The number of likely N-dealkylation sites (N-methyl/N-ethyl adjacent to an activating group) is 1. The second-order valence-electron chi connectivity index (χ2n) is 6.69. The van der Waals surface area contributed by atoms with Crippen LogP contribution in [0, 0.1) is 0 Å². The van der Waals surface area contributed by atoms with Gasteiger partial charge in [0.15, 0.2) is 0 Å². The largest absolute Gasteiger partial charge is 0.314 e. The van der Waals surface area contributed by atoms with Gasteiger partial charge in [-0.3, -0.25) is 14.8 Å². The van der Waals surface area contributed by atoms with Gasteiger partial charge in [-0.2, -0.15) is 0 Å². The molecule has 2 fully saturated rings. The highest BCUT2D eigenvalue weighted by Gasteiger charge is 2.29. The molecule has 1 aromatic heterocycles. The van der Waals surface area contributed by atoms with Crippen LogP contribution in [0.1, 0.15) is 18.5 Å². The highest BCUT2D eigenvalue weighted by molar-refractivity contribution is 5.16. The van der Waals surface area contributed by atoms with Gasteiger partial charge in [-0.25, -0.2) is 0 Å². The van der Waals surface area contributed by atoms with Crippen molar-refractivity contribution >= 4 is 0 Å². The molecule has 1 aromatic rings. The standard InChI is InChI=1S/C17H29N5/c1-15-13-19-7-8-22(15)17(16-3-5-18-6-4-16)14-21-11-9-20(2)10-12-21/h3-6,15,17,19H,7-14H2,1-2H3. The van der Waals surface area contributed by atoms with Gasteiger partial charge in [0.25, 0.3) is 0 Å². The summed E-state index contributed by atoms with van der Waals surface area (Å²) in [6.07, 6.45) is 3.86. The Morgan fingerprint density at radius 3 is 2.59 bits per heavy atom. The van der Waals surface area contributed by atoms with Crippen molar-refractivity contribution < 1.29 is 0 Å². The minimum absolute atomic E-state index is 0.475. The van der Waals surface area contributed by atoms with E-state index < -0.39 is 0 Å². The number of pyridine rings is 1. The fraction of sp³-hybridized carbons (Fsp3) is 0.706. The fourth-order valence-corrected chi connectivity index (χ4v) is 3.58. The van der Waals surface area contributed by atoms with Gasteiger partial charge in [0.2, 0.25) is 0 Å². The predicted molar refractivity (Wildman–Crippen MR) is 90.0 cm³/mol. The summed E-state index contributed by atoms with van der Waals surface area (Å²) in [4.78, 5) is 11.9. The molecule has 3 rings (SSSR count). The molecular formula is C17H29N5. The topological polar surface area (TPSA) is 34.6 Å². The van der Waals surface area contributed by atoms with Crippen LogP contribution in [0.3, 0.4) is 0 Å². The number of nitrogens with one attached hydrogen (secondary N) is 1. The number of piperazine rings is 2. The van der Waals surface area contributed by atoms with E-state index >= 15 is 0 Å². The van der Waals surface area contributed by atoms with Crippen LogP contribution >= 0.6 is 0 Å². The molecule has 2 saturated heterocycles. The van der Waals surface area contributed by atoms with Crippen molar-refractivity contribution in [2.24, 2.45) is 0 Å². The van der Waals surface area contributed by atoms with E-state index in [1.54, 1.807) is 0 Å². The highest BCUT2D eigenvalue weighted by Crippen LogP contribution is 2.25. The molecule has 0 radical (unpaired) electrons. The molecule has 2 atom stereocenters.